The lowest BCUT2D eigenvalue weighted by atomic mass is 9.70. The number of piperidine rings is 6. The molecule has 28 heteroatoms. The van der Waals surface area contributed by atoms with Crippen LogP contribution in [0.2, 0.25) is 0 Å². The number of carboxylic acids is 1. The lowest BCUT2D eigenvalue weighted by molar-refractivity contribution is 0.0588. The Hall–Kier alpha value is -12.3. The van der Waals surface area contributed by atoms with E-state index in [9.17, 15) is 41.9 Å². The molecule has 3 amide bonds. The molecule has 0 radical (unpaired) electrons. The van der Waals surface area contributed by atoms with Gasteiger partial charge in [-0.2, -0.15) is 0 Å². The van der Waals surface area contributed by atoms with E-state index < -0.39 is 23.8 Å². The van der Waals surface area contributed by atoms with Crippen molar-refractivity contribution in [1.82, 2.24) is 63.9 Å². The van der Waals surface area contributed by atoms with Crippen LogP contribution in [0.1, 0.15) is 249 Å². The number of nitrogens with one attached hydrogen (secondary N) is 2. The number of fused-ring (bicyclic) bond motifs is 9. The predicted molar refractivity (Wildman–Crippen MR) is 523 cm³/mol. The summed E-state index contributed by atoms with van der Waals surface area (Å²) in [5, 5.41) is 27.6. The third-order valence-corrected chi connectivity index (χ3v) is 32.0. The van der Waals surface area contributed by atoms with Crippen LogP contribution in [0.3, 0.4) is 0 Å². The number of likely N-dealkylation sites (tertiary alicyclic amines) is 2. The van der Waals surface area contributed by atoms with Crippen molar-refractivity contribution in [3.63, 3.8) is 0 Å². The van der Waals surface area contributed by atoms with Crippen molar-refractivity contribution < 1.29 is 66.9 Å². The fourth-order valence-corrected chi connectivity index (χ4v) is 25.1. The van der Waals surface area contributed by atoms with Crippen molar-refractivity contribution in [3.8, 4) is 0 Å². The number of carbonyl (C=O) groups excluding carboxylic acids is 5. The Morgan fingerprint density at radius 2 is 0.674 bits per heavy atom. The van der Waals surface area contributed by atoms with Crippen LogP contribution in [0.15, 0.2) is 218 Å². The number of ether oxygens (including phenoxy) is 2. The van der Waals surface area contributed by atoms with Gasteiger partial charge >= 0.3 is 17.9 Å². The van der Waals surface area contributed by atoms with Crippen LogP contribution in [0.4, 0.5) is 13.2 Å². The first-order valence-electron chi connectivity index (χ1n) is 49.0. The Labute approximate surface area is 803 Å². The third-order valence-electron chi connectivity index (χ3n) is 32.0. The zero-order valence-corrected chi connectivity index (χ0v) is 79.4. The number of aryl methyl sites for hydroxylation is 3. The van der Waals surface area contributed by atoms with Gasteiger partial charge in [0.25, 0.3) is 17.7 Å². The van der Waals surface area contributed by atoms with Crippen molar-refractivity contribution in [2.24, 2.45) is 5.90 Å². The van der Waals surface area contributed by atoms with Crippen molar-refractivity contribution in [2.75, 3.05) is 73.1 Å². The van der Waals surface area contributed by atoms with Crippen LogP contribution in [-0.2, 0) is 25.7 Å². The van der Waals surface area contributed by atoms with E-state index in [2.05, 4.69) is 150 Å². The van der Waals surface area contributed by atoms with Crippen LogP contribution < -0.4 is 16.7 Å². The van der Waals surface area contributed by atoms with Gasteiger partial charge in [-0.1, -0.05) is 91.0 Å². The van der Waals surface area contributed by atoms with Crippen molar-refractivity contribution in [1.29, 1.82) is 0 Å². The summed E-state index contributed by atoms with van der Waals surface area (Å²) in [6.45, 7) is 13.8. The van der Waals surface area contributed by atoms with Gasteiger partial charge in [-0.05, 0) is 349 Å². The number of hydrogen-bond donors (Lipinski definition) is 6. The largest absolute Gasteiger partial charge is 0.478 e. The zero-order chi connectivity index (χ0) is 96.5. The minimum Gasteiger partial charge on any atom is -0.478 e. The first-order valence-corrected chi connectivity index (χ1v) is 49.0. The van der Waals surface area contributed by atoms with E-state index in [1.54, 1.807) is 78.3 Å². The van der Waals surface area contributed by atoms with Gasteiger partial charge in [0.2, 0.25) is 0 Å². The standard InChI is InChI=1S/C37H41FN4O3.C36H40FN5O3.C28H35FN4.C9H8O4.H3NO/c1-25-39-33-11-3-4-12-34(33)42(25)32-23-30-13-14-31(24-32)41(30)20-17-37(28-9-6-10-29(38)22-28)15-18-40(19-16-37)35(43)26-7-5-8-27(21-26)36(44)45-2;1-24-38-32-10-2-3-11-33(32)42(24)31-22-29-12-13-30(23-31)41(29)19-16-36(27-8-5-9-28(37)21-27)14-17-40(18-15-36)35(44)26-7-4-6-25(20-26)34(43)39-45;1-20-31-26-7-2-3-8-27(26)33(20)25-18-23-9-10-24(19-25)32(23)16-13-28(11-14-30-15-12-28)21-5-4-6-22(29)17-21;1-13-9(12)7-4-2-3-6(5-7)8(10)11;1-2/h3-12,21-22,30-32H,13-20,23-24H2,1-2H3;2-11,20-21,29-31,45H,12-19,22-23H2,1H3,(H,39,43);2-8,17,23-25,30H,9-16,18-19H2,1H3;2-5H,1H3,(H,10,11);2H,1H2/t30-,31+,32?;29-,30+,31?;23-,24+,25?;;. The van der Waals surface area contributed by atoms with Gasteiger partial charge in [0.05, 0.1) is 64.0 Å². The maximum Gasteiger partial charge on any atom is 0.337 e. The smallest absolute Gasteiger partial charge is 0.337 e. The summed E-state index contributed by atoms with van der Waals surface area (Å²) in [7, 11) is 2.58. The highest BCUT2D eigenvalue weighted by atomic mass is 19.1. The highest BCUT2D eigenvalue weighted by Crippen LogP contribution is 2.50. The lowest BCUT2D eigenvalue weighted by Gasteiger charge is -2.45. The molecule has 9 aliphatic rings. The number of hydrogen-bond acceptors (Lipinski definition) is 18. The Balaban J connectivity index is 0.000000134. The van der Waals surface area contributed by atoms with Gasteiger partial charge in [0, 0.05) is 97.2 Å². The van der Waals surface area contributed by atoms with Gasteiger partial charge in [-0.3, -0.25) is 34.3 Å². The molecule has 9 aromatic carbocycles. The SMILES string of the molecule is COC(=O)c1cccc(C(=O)N2CCC(CCN3[C@@H]4CC[C@H]3CC(n3c(C)nc5ccccc53)C4)(c3cccc(F)c3)CC2)c1.COC(=O)c1cccc(C(=O)O)c1.Cc1nc2ccccc2n1C1C[C@H]2CC[C@@H](C1)N2CCC1(c2cccc(F)c2)CCN(C(=O)c2cccc(C(=O)NO)c2)CC1.Cc1nc2ccccc2n1C1C[C@H]2CC[C@@H](C1)N2CCC1(c2cccc(F)c2)CCNCC1.NO. The summed E-state index contributed by atoms with van der Waals surface area (Å²) < 4.78 is 60.0. The molecule has 0 saturated carbocycles. The summed E-state index contributed by atoms with van der Waals surface area (Å²) in [4.78, 5) is 98.9. The molecule has 12 aromatic rings. The molecule has 3 unspecified atom stereocenters. The van der Waals surface area contributed by atoms with Crippen molar-refractivity contribution >= 4 is 68.7 Å². The summed E-state index contributed by atoms with van der Waals surface area (Å²) in [6, 6.07) is 70.7. The minimum atomic E-state index is -1.06. The van der Waals surface area contributed by atoms with E-state index in [1.807, 2.05) is 28.0 Å². The van der Waals surface area contributed by atoms with E-state index in [4.69, 9.17) is 35.2 Å². The Morgan fingerprint density at radius 3 is 0.993 bits per heavy atom. The molecule has 9 saturated heterocycles. The summed E-state index contributed by atoms with van der Waals surface area (Å²) in [5.41, 5.74) is 13.3. The monoisotopic (exact) mass is 1880 g/mol. The molecular formula is C110H127F3N14O11. The number of methoxy groups -OCH3 is 2. The third kappa shape index (κ3) is 20.7. The lowest BCUT2D eigenvalue weighted by Crippen LogP contribution is -2.49. The molecule has 3 aromatic heterocycles. The highest BCUT2D eigenvalue weighted by Gasteiger charge is 2.49. The summed E-state index contributed by atoms with van der Waals surface area (Å²) >= 11 is 0. The van der Waals surface area contributed by atoms with E-state index in [0.717, 1.165) is 161 Å². The molecule has 9 fully saturated rings. The van der Waals surface area contributed by atoms with Crippen LogP contribution >= 0.6 is 0 Å². The molecule has 0 spiro atoms. The second-order valence-electron chi connectivity index (χ2n) is 39.2. The number of amides is 3. The molecule has 9 atom stereocenters. The van der Waals surface area contributed by atoms with Gasteiger partial charge in [-0.15, -0.1) is 0 Å². The van der Waals surface area contributed by atoms with Crippen LogP contribution in [0, 0.1) is 38.2 Å². The molecular weight excluding hydrogens is 1750 g/mol. The second-order valence-corrected chi connectivity index (χ2v) is 39.2. The van der Waals surface area contributed by atoms with E-state index in [-0.39, 0.29) is 62.2 Å². The Bertz CT molecular complexity index is 6060. The predicted octanol–water partition coefficient (Wildman–Crippen LogP) is 18.6. The average molecular weight is 1880 g/mol. The maximum absolute atomic E-state index is 14.6. The number of esters is 2. The summed E-state index contributed by atoms with van der Waals surface area (Å²) in [6.07, 6.45) is 22.5. The number of aromatic nitrogens is 6. The minimum absolute atomic E-state index is 0.0721. The number of hydroxylamine groups is 1. The number of imidazole rings is 3. The summed E-state index contributed by atoms with van der Waals surface area (Å²) in [5.74, 6) is 3.34. The fraction of sp³-hybridized carbons (Fsp3) is 0.427. The first kappa shape index (κ1) is 97.4. The highest BCUT2D eigenvalue weighted by molar-refractivity contribution is 6.00. The number of carboxylic acid groups (broad SMARTS) is 1. The van der Waals surface area contributed by atoms with Gasteiger partial charge in [0.15, 0.2) is 0 Å². The second kappa shape index (κ2) is 43.0. The van der Waals surface area contributed by atoms with E-state index in [0.29, 0.717) is 97.2 Å². The van der Waals surface area contributed by atoms with Gasteiger partial charge < -0.3 is 48.6 Å². The molecule has 7 N–H and O–H groups in total. The number of para-hydroxylation sites is 6. The quantitative estimate of drug-likeness (QED) is 0.0221. The van der Waals surface area contributed by atoms with Crippen LogP contribution in [-0.4, -0.2) is 214 Å². The molecule has 9 aliphatic heterocycles. The van der Waals surface area contributed by atoms with Crippen molar-refractivity contribution in [3.05, 3.63) is 303 Å². The molecule has 724 valence electrons. The number of aromatic carboxylic acids is 1. The number of rotatable bonds is 21. The molecule has 12 heterocycles. The molecule has 6 bridgehead atoms. The van der Waals surface area contributed by atoms with Gasteiger partial charge in [-0.25, -0.2) is 53.9 Å². The molecule has 0 aliphatic carbocycles. The normalized spacial score (nSPS) is 22.4. The first-order chi connectivity index (χ1) is 67.0. The number of carbonyl (C=O) groups is 6. The molecule has 138 heavy (non-hydrogen) atoms. The van der Waals surface area contributed by atoms with E-state index >= 15 is 0 Å². The van der Waals surface area contributed by atoms with Crippen molar-refractivity contribution in [2.45, 2.75) is 226 Å². The number of halogens is 3. The molecule has 25 nitrogen and oxygen atoms in total. The number of benzene rings is 9. The Kier molecular flexibility index (Phi) is 30.3. The van der Waals surface area contributed by atoms with E-state index in [1.165, 1.54) is 130 Å². The maximum atomic E-state index is 14.6. The van der Waals surface area contributed by atoms with Crippen LogP contribution in [0.25, 0.3) is 33.1 Å². The zero-order valence-electron chi connectivity index (χ0n) is 79.4. The van der Waals surface area contributed by atoms with Crippen LogP contribution in [0.5, 0.6) is 0 Å². The fourth-order valence-electron chi connectivity index (χ4n) is 25.1. The average Bonchev–Trinajstić information content (AvgIpc) is 1.73. The Morgan fingerprint density at radius 1 is 0.384 bits per heavy atom. The molecule has 21 rings (SSSR count). The van der Waals surface area contributed by atoms with Gasteiger partial charge in [0.1, 0.15) is 34.9 Å². The number of nitrogens with zero attached hydrogens (tertiary/aromatic N) is 11. The number of nitrogens with two attached hydrogens (primary N) is 1. The topological polar surface area (TPSA) is 301 Å².